The molecule has 0 saturated carbocycles. The van der Waals surface area contributed by atoms with E-state index in [1.54, 1.807) is 6.92 Å². The number of hydrogen-bond acceptors (Lipinski definition) is 4. The number of carbonyl (C=O) groups is 1. The second kappa shape index (κ2) is 7.89. The normalized spacial score (nSPS) is 15.6. The highest BCUT2D eigenvalue weighted by atomic mass is 32.2. The van der Waals surface area contributed by atoms with E-state index in [2.05, 4.69) is 16.5 Å². The number of sulfonamides is 1. The van der Waals surface area contributed by atoms with Crippen molar-refractivity contribution >= 4 is 21.7 Å². The Kier molecular flexibility index (Phi) is 5.53. The van der Waals surface area contributed by atoms with E-state index in [4.69, 9.17) is 0 Å². The molecule has 2 aromatic rings. The van der Waals surface area contributed by atoms with Gasteiger partial charge in [0.05, 0.1) is 6.20 Å². The third-order valence-electron chi connectivity index (χ3n) is 5.89. The Morgan fingerprint density at radius 1 is 1.16 bits per heavy atom. The van der Waals surface area contributed by atoms with Crippen LogP contribution in [0, 0.1) is 0 Å². The summed E-state index contributed by atoms with van der Waals surface area (Å²) in [5.41, 5.74) is 4.42. The molecule has 0 radical (unpaired) electrons. The number of nitrogens with one attached hydrogen (secondary N) is 2. The van der Waals surface area contributed by atoms with Crippen molar-refractivity contribution in [2.24, 2.45) is 0 Å². The van der Waals surface area contributed by atoms with E-state index in [0.29, 0.717) is 19.0 Å². The number of alkyl halides is 2. The third kappa shape index (κ3) is 4.05. The number of carbonyl (C=O) groups excluding carboxylic acids is 1. The first-order valence-corrected chi connectivity index (χ1v) is 12.0. The van der Waals surface area contributed by atoms with E-state index in [1.165, 1.54) is 11.1 Å². The smallest absolute Gasteiger partial charge is 0.307 e. The molecule has 7 nitrogen and oxygen atoms in total. The molecule has 1 aromatic heterocycles. The molecule has 2 N–H and O–H groups in total. The minimum atomic E-state index is -4.54. The molecule has 2 aliphatic rings. The van der Waals surface area contributed by atoms with Crippen LogP contribution in [-0.2, 0) is 48.2 Å². The van der Waals surface area contributed by atoms with Crippen molar-refractivity contribution in [3.63, 3.8) is 0 Å². The van der Waals surface area contributed by atoms with Gasteiger partial charge in [-0.3, -0.25) is 4.68 Å². The summed E-state index contributed by atoms with van der Waals surface area (Å²) in [6, 6.07) is 1.24. The van der Waals surface area contributed by atoms with Gasteiger partial charge < -0.3 is 5.32 Å². The number of aromatic nitrogens is 2. The van der Waals surface area contributed by atoms with Crippen LogP contribution in [0.3, 0.4) is 0 Å². The average molecular weight is 453 g/mol. The highest BCUT2D eigenvalue weighted by Gasteiger charge is 2.38. The van der Waals surface area contributed by atoms with Crippen LogP contribution >= 0.6 is 0 Å². The van der Waals surface area contributed by atoms with Crippen LogP contribution in [0.1, 0.15) is 61.1 Å². The molecule has 0 spiro atoms. The van der Waals surface area contributed by atoms with Gasteiger partial charge in [0.25, 0.3) is 15.9 Å². The zero-order chi connectivity index (χ0) is 22.4. The minimum Gasteiger partial charge on any atom is -0.307 e. The Balaban J connectivity index is 1.62. The largest absolute Gasteiger partial charge is 0.333 e. The summed E-state index contributed by atoms with van der Waals surface area (Å²) < 4.78 is 56.9. The van der Waals surface area contributed by atoms with Crippen LogP contribution in [-0.4, -0.2) is 24.2 Å². The second-order valence-corrected chi connectivity index (χ2v) is 9.91. The maximum absolute atomic E-state index is 14.2. The Morgan fingerprint density at radius 2 is 1.77 bits per heavy atom. The first-order chi connectivity index (χ1) is 14.6. The molecule has 2 amide bonds. The maximum Gasteiger partial charge on any atom is 0.333 e. The first kappa shape index (κ1) is 21.7. The van der Waals surface area contributed by atoms with Gasteiger partial charge in [-0.1, -0.05) is 13.0 Å². The number of benzene rings is 1. The van der Waals surface area contributed by atoms with Crippen molar-refractivity contribution in [3.8, 4) is 0 Å². The first-order valence-electron chi connectivity index (χ1n) is 10.6. The Hall–Kier alpha value is -2.49. The van der Waals surface area contributed by atoms with Crippen molar-refractivity contribution in [2.75, 3.05) is 5.32 Å². The fourth-order valence-electron chi connectivity index (χ4n) is 4.67. The summed E-state index contributed by atoms with van der Waals surface area (Å²) in [7, 11) is -4.54. The summed E-state index contributed by atoms with van der Waals surface area (Å²) >= 11 is 0. The summed E-state index contributed by atoms with van der Waals surface area (Å²) in [5, 5.41) is 6.52. The molecule has 31 heavy (non-hydrogen) atoms. The van der Waals surface area contributed by atoms with Gasteiger partial charge in [0.1, 0.15) is 10.6 Å². The molecule has 0 aliphatic heterocycles. The Bertz CT molecular complexity index is 1100. The lowest BCUT2D eigenvalue weighted by Crippen LogP contribution is -2.36. The van der Waals surface area contributed by atoms with Gasteiger partial charge in [-0.05, 0) is 67.2 Å². The SMILES string of the molecule is CCCn1ncc(S(=O)(=O)NC(=O)Nc2c3c(cc4c2CCC4)CCC3)c1C(C)(F)F. The van der Waals surface area contributed by atoms with E-state index in [9.17, 15) is 22.0 Å². The van der Waals surface area contributed by atoms with Gasteiger partial charge in [0, 0.05) is 19.2 Å². The molecular weight excluding hydrogens is 426 g/mol. The number of halogens is 2. The predicted molar refractivity (Wildman–Crippen MR) is 112 cm³/mol. The lowest BCUT2D eigenvalue weighted by Gasteiger charge is -2.18. The van der Waals surface area contributed by atoms with Crippen LogP contribution in [0.15, 0.2) is 17.2 Å². The van der Waals surface area contributed by atoms with Gasteiger partial charge in [-0.2, -0.15) is 13.9 Å². The topological polar surface area (TPSA) is 93.1 Å². The highest BCUT2D eigenvalue weighted by Crippen LogP contribution is 2.38. The molecule has 0 fully saturated rings. The molecular formula is C21H26F2N4O3S. The molecule has 0 atom stereocenters. The van der Waals surface area contributed by atoms with Crippen molar-refractivity contribution < 1.29 is 22.0 Å². The zero-order valence-corrected chi connectivity index (χ0v) is 18.4. The van der Waals surface area contributed by atoms with E-state index >= 15 is 0 Å². The molecule has 0 unspecified atom stereocenters. The standard InChI is InChI=1S/C21H26F2N4O3S/c1-3-10-27-19(21(2,22)23)17(12-24-27)31(29,30)26-20(28)25-18-15-8-4-6-13(15)11-14-7-5-9-16(14)18/h11-12H,3-10H2,1-2H3,(H2,25,26,28). The summed E-state index contributed by atoms with van der Waals surface area (Å²) in [4.78, 5) is 12.0. The van der Waals surface area contributed by atoms with Gasteiger partial charge in [0.2, 0.25) is 0 Å². The molecule has 1 aromatic carbocycles. The molecule has 168 valence electrons. The quantitative estimate of drug-likeness (QED) is 0.695. The van der Waals surface area contributed by atoms with Crippen molar-refractivity contribution in [3.05, 3.63) is 40.2 Å². The molecule has 10 heteroatoms. The highest BCUT2D eigenvalue weighted by molar-refractivity contribution is 7.90. The van der Waals surface area contributed by atoms with Crippen LogP contribution in [0.2, 0.25) is 0 Å². The number of nitrogens with zero attached hydrogens (tertiary/aromatic N) is 2. The van der Waals surface area contributed by atoms with Crippen molar-refractivity contribution in [1.29, 1.82) is 0 Å². The lowest BCUT2D eigenvalue weighted by molar-refractivity contribution is 0.00460. The van der Waals surface area contributed by atoms with Crippen LogP contribution in [0.5, 0.6) is 0 Å². The number of aryl methyl sites for hydroxylation is 3. The predicted octanol–water partition coefficient (Wildman–Crippen LogP) is 3.89. The van der Waals surface area contributed by atoms with Gasteiger partial charge >= 0.3 is 6.03 Å². The maximum atomic E-state index is 14.2. The van der Waals surface area contributed by atoms with E-state index in [1.807, 2.05) is 4.72 Å². The summed E-state index contributed by atoms with van der Waals surface area (Å²) in [6.45, 7) is 2.53. The van der Waals surface area contributed by atoms with E-state index < -0.39 is 32.6 Å². The third-order valence-corrected chi connectivity index (χ3v) is 7.22. The molecule has 4 rings (SSSR count). The summed E-state index contributed by atoms with van der Waals surface area (Å²) in [6.07, 6.45) is 6.85. The van der Waals surface area contributed by atoms with E-state index in [-0.39, 0.29) is 6.54 Å². The van der Waals surface area contributed by atoms with Crippen molar-refractivity contribution in [1.82, 2.24) is 14.5 Å². The number of anilines is 1. The Labute approximate surface area is 180 Å². The Morgan fingerprint density at radius 3 is 2.32 bits per heavy atom. The number of rotatable bonds is 6. The number of fused-ring (bicyclic) bond motifs is 2. The fraction of sp³-hybridized carbons (Fsp3) is 0.524. The molecule has 2 aliphatic carbocycles. The minimum absolute atomic E-state index is 0.142. The van der Waals surface area contributed by atoms with Crippen LogP contribution in [0.25, 0.3) is 0 Å². The summed E-state index contributed by atoms with van der Waals surface area (Å²) in [5.74, 6) is -3.44. The van der Waals surface area contributed by atoms with Crippen molar-refractivity contribution in [2.45, 2.75) is 76.2 Å². The average Bonchev–Trinajstić information content (AvgIpc) is 3.39. The monoisotopic (exact) mass is 452 g/mol. The van der Waals surface area contributed by atoms with Gasteiger partial charge in [0.15, 0.2) is 0 Å². The van der Waals surface area contributed by atoms with E-state index in [0.717, 1.165) is 60.5 Å². The molecule has 0 saturated heterocycles. The molecule has 0 bridgehead atoms. The number of urea groups is 1. The number of amides is 2. The van der Waals surface area contributed by atoms with Crippen LogP contribution in [0.4, 0.5) is 19.3 Å². The van der Waals surface area contributed by atoms with Gasteiger partial charge in [-0.25, -0.2) is 17.9 Å². The van der Waals surface area contributed by atoms with Crippen LogP contribution < -0.4 is 10.0 Å². The lowest BCUT2D eigenvalue weighted by atomic mass is 9.99. The zero-order valence-electron chi connectivity index (χ0n) is 17.6. The number of hydrogen-bond donors (Lipinski definition) is 2. The molecule has 1 heterocycles. The fourth-order valence-corrected chi connectivity index (χ4v) is 5.80. The second-order valence-electron chi connectivity index (χ2n) is 8.26. The van der Waals surface area contributed by atoms with Gasteiger partial charge in [-0.15, -0.1) is 0 Å².